The standard InChI is InChI=1S/C25H42ClN7O11P2/c1-4-6-17(7-5-2)13-40-24(36)16(3)32-45(37,41-11-10-28-19(34)12-26)44-46(38,39)42-14-18-8-9-20(43-18)33-15-29-21-22(33)30-25(27)31-23(21)35/h15-18,20H,4-14H2,1-3H3,(H,28,34)(H,32,37)(H,38,39)(H3,27,30,31,35)/t16-,18-,20+,45?/m0/s1. The molecule has 5 atom stereocenters. The number of rotatable bonds is 20. The number of alkyl halides is 1. The maximum Gasteiger partial charge on any atom is 0.480 e. The first kappa shape index (κ1) is 38.1. The molecule has 18 nitrogen and oxygen atoms in total. The van der Waals surface area contributed by atoms with Gasteiger partial charge in [0.05, 0.1) is 32.3 Å². The molecule has 6 N–H and O–H groups in total. The van der Waals surface area contributed by atoms with Gasteiger partial charge in [0.25, 0.3) is 5.56 Å². The number of hydrogen-bond acceptors (Lipinski definition) is 13. The molecule has 46 heavy (non-hydrogen) atoms. The first-order chi connectivity index (χ1) is 21.8. The number of anilines is 1. The number of aromatic nitrogens is 4. The lowest BCUT2D eigenvalue weighted by molar-refractivity contribution is -0.146. The number of hydrogen-bond donors (Lipinski definition) is 5. The number of halogens is 1. The van der Waals surface area contributed by atoms with E-state index in [4.69, 9.17) is 40.2 Å². The third-order valence-corrected chi connectivity index (χ3v) is 10.5. The monoisotopic (exact) mass is 713 g/mol. The van der Waals surface area contributed by atoms with E-state index < -0.39 is 64.6 Å². The van der Waals surface area contributed by atoms with Crippen molar-refractivity contribution < 1.29 is 46.4 Å². The fraction of sp³-hybridized carbons (Fsp3) is 0.720. The molecule has 1 aliphatic rings. The van der Waals surface area contributed by atoms with Crippen LogP contribution in [0.1, 0.15) is 65.5 Å². The number of nitrogen functional groups attached to an aromatic ring is 1. The van der Waals surface area contributed by atoms with Crippen molar-refractivity contribution in [2.45, 2.75) is 77.7 Å². The number of nitrogens with one attached hydrogen (secondary N) is 3. The molecule has 21 heteroatoms. The molecule has 2 aromatic heterocycles. The Morgan fingerprint density at radius 2 is 1.98 bits per heavy atom. The number of fused-ring (bicyclic) bond motifs is 1. The molecule has 1 saturated heterocycles. The Hall–Kier alpha value is -2.40. The number of esters is 1. The minimum absolute atomic E-state index is 0.0658. The number of nitrogens with zero attached hydrogens (tertiary/aromatic N) is 3. The van der Waals surface area contributed by atoms with Crippen LogP contribution in [0.4, 0.5) is 5.95 Å². The van der Waals surface area contributed by atoms with Crippen LogP contribution in [0.5, 0.6) is 0 Å². The Labute approximate surface area is 270 Å². The van der Waals surface area contributed by atoms with Gasteiger partial charge < -0.3 is 25.4 Å². The van der Waals surface area contributed by atoms with Crippen LogP contribution in [0, 0.1) is 5.92 Å². The molecule has 0 spiro atoms. The van der Waals surface area contributed by atoms with Crippen molar-refractivity contribution in [3.8, 4) is 0 Å². The van der Waals surface area contributed by atoms with Gasteiger partial charge in [0.1, 0.15) is 18.1 Å². The van der Waals surface area contributed by atoms with Gasteiger partial charge in [0, 0.05) is 6.54 Å². The van der Waals surface area contributed by atoms with Crippen LogP contribution in [0.25, 0.3) is 11.2 Å². The van der Waals surface area contributed by atoms with Gasteiger partial charge in [-0.1, -0.05) is 26.7 Å². The Bertz CT molecular complexity index is 1470. The fourth-order valence-corrected chi connectivity index (χ4v) is 7.82. The summed E-state index contributed by atoms with van der Waals surface area (Å²) >= 11 is 5.45. The van der Waals surface area contributed by atoms with Crippen LogP contribution in [0.2, 0.25) is 0 Å². The summed E-state index contributed by atoms with van der Waals surface area (Å²) in [5.74, 6) is -1.57. The van der Waals surface area contributed by atoms with Crippen LogP contribution in [0.3, 0.4) is 0 Å². The van der Waals surface area contributed by atoms with E-state index in [-0.39, 0.29) is 42.1 Å². The predicted molar refractivity (Wildman–Crippen MR) is 167 cm³/mol. The van der Waals surface area contributed by atoms with E-state index in [0.29, 0.717) is 12.8 Å². The zero-order chi connectivity index (χ0) is 33.9. The van der Waals surface area contributed by atoms with E-state index in [1.807, 2.05) is 13.8 Å². The largest absolute Gasteiger partial charge is 0.480 e. The maximum atomic E-state index is 13.6. The van der Waals surface area contributed by atoms with Crippen molar-refractivity contribution in [1.29, 1.82) is 0 Å². The highest BCUT2D eigenvalue weighted by atomic mass is 35.5. The molecular weight excluding hydrogens is 672 g/mol. The van der Waals surface area contributed by atoms with Gasteiger partial charge in [0.15, 0.2) is 11.2 Å². The van der Waals surface area contributed by atoms with Crippen molar-refractivity contribution in [3.63, 3.8) is 0 Å². The quantitative estimate of drug-likeness (QED) is 0.0573. The van der Waals surface area contributed by atoms with Gasteiger partial charge >= 0.3 is 21.5 Å². The van der Waals surface area contributed by atoms with Gasteiger partial charge in [0.2, 0.25) is 11.9 Å². The zero-order valence-electron chi connectivity index (χ0n) is 25.9. The molecular formula is C25H42ClN7O11P2. The summed E-state index contributed by atoms with van der Waals surface area (Å²) in [7, 11) is -9.81. The summed E-state index contributed by atoms with van der Waals surface area (Å²) in [5.41, 5.74) is 5.40. The average Bonchev–Trinajstić information content (AvgIpc) is 3.64. The first-order valence-electron chi connectivity index (χ1n) is 14.9. The van der Waals surface area contributed by atoms with Crippen molar-refractivity contribution in [3.05, 3.63) is 16.7 Å². The van der Waals surface area contributed by atoms with E-state index in [9.17, 15) is 28.4 Å². The summed E-state index contributed by atoms with van der Waals surface area (Å²) in [6.45, 7) is 4.49. The van der Waals surface area contributed by atoms with Gasteiger partial charge in [-0.2, -0.15) is 9.29 Å². The van der Waals surface area contributed by atoms with E-state index in [1.165, 1.54) is 17.8 Å². The SMILES string of the molecule is CCCC(CCC)COC(=O)[C@H](C)NP(=O)(OCCNC(=O)CCl)OP(=O)(O)OC[C@@H]1CC[C@H](n2cnc3c(=O)[nH]c(N)nc32)O1. The van der Waals surface area contributed by atoms with Crippen molar-refractivity contribution in [2.24, 2.45) is 5.92 Å². The lowest BCUT2D eigenvalue weighted by atomic mass is 9.99. The van der Waals surface area contributed by atoms with E-state index >= 15 is 0 Å². The van der Waals surface area contributed by atoms with E-state index in [1.54, 1.807) is 0 Å². The number of carbonyl (C=O) groups excluding carboxylic acids is 2. The molecule has 0 aromatic carbocycles. The Morgan fingerprint density at radius 1 is 1.26 bits per heavy atom. The molecule has 1 aliphatic heterocycles. The number of imidazole rings is 1. The van der Waals surface area contributed by atoms with Gasteiger partial charge in [-0.3, -0.25) is 33.0 Å². The third-order valence-electron chi connectivity index (χ3n) is 6.85. The molecule has 2 aromatic rings. The summed E-state index contributed by atoms with van der Waals surface area (Å²) in [6, 6.07) is -1.27. The minimum Gasteiger partial charge on any atom is -0.464 e. The number of carbonyl (C=O) groups is 2. The second-order valence-corrected chi connectivity index (χ2v) is 14.3. The first-order valence-corrected chi connectivity index (χ1v) is 18.4. The van der Waals surface area contributed by atoms with Crippen molar-refractivity contribution in [2.75, 3.05) is 38.0 Å². The summed E-state index contributed by atoms with van der Waals surface area (Å²) in [4.78, 5) is 57.2. The molecule has 3 heterocycles. The Kier molecular flexibility index (Phi) is 14.6. The van der Waals surface area contributed by atoms with Gasteiger partial charge in [-0.05, 0) is 38.5 Å². The molecule has 1 amide bonds. The Balaban J connectivity index is 1.62. The summed E-state index contributed by atoms with van der Waals surface area (Å²) in [6.07, 6.45) is 4.37. The van der Waals surface area contributed by atoms with E-state index in [0.717, 1.165) is 25.7 Å². The molecule has 2 unspecified atom stereocenters. The molecule has 0 radical (unpaired) electrons. The molecule has 3 rings (SSSR count). The number of ether oxygens (including phenoxy) is 2. The predicted octanol–water partition coefficient (Wildman–Crippen LogP) is 2.73. The second kappa shape index (κ2) is 17.7. The molecule has 0 saturated carbocycles. The van der Waals surface area contributed by atoms with Crippen LogP contribution in [-0.2, 0) is 41.6 Å². The molecule has 260 valence electrons. The number of phosphoric acid groups is 1. The van der Waals surface area contributed by atoms with Gasteiger partial charge in [-0.25, -0.2) is 19.2 Å². The maximum absolute atomic E-state index is 13.6. The number of amides is 1. The highest BCUT2D eigenvalue weighted by molar-refractivity contribution is 7.63. The normalized spacial score (nSPS) is 20.0. The highest BCUT2D eigenvalue weighted by Gasteiger charge is 2.40. The third kappa shape index (κ3) is 11.4. The minimum atomic E-state index is -5.09. The van der Waals surface area contributed by atoms with Gasteiger partial charge in [-0.15, -0.1) is 11.6 Å². The lowest BCUT2D eigenvalue weighted by Gasteiger charge is -2.25. The molecule has 1 fully saturated rings. The lowest BCUT2D eigenvalue weighted by Crippen LogP contribution is -2.36. The smallest absolute Gasteiger partial charge is 0.464 e. The number of phosphoric ester groups is 1. The zero-order valence-corrected chi connectivity index (χ0v) is 28.4. The average molecular weight is 714 g/mol. The number of aromatic amines is 1. The molecule has 0 bridgehead atoms. The fourth-order valence-electron chi connectivity index (χ4n) is 4.73. The topological polar surface area (TPSA) is 248 Å². The summed E-state index contributed by atoms with van der Waals surface area (Å²) < 4.78 is 54.6. The summed E-state index contributed by atoms with van der Waals surface area (Å²) in [5, 5.41) is 4.70. The number of nitrogens with two attached hydrogens (primary N) is 1. The van der Waals surface area contributed by atoms with Crippen LogP contribution in [0.15, 0.2) is 11.1 Å². The Morgan fingerprint density at radius 3 is 2.65 bits per heavy atom. The van der Waals surface area contributed by atoms with Crippen LogP contribution < -0.4 is 21.7 Å². The molecule has 0 aliphatic carbocycles. The van der Waals surface area contributed by atoms with Crippen molar-refractivity contribution >= 4 is 56.2 Å². The number of H-pyrrole nitrogens is 1. The van der Waals surface area contributed by atoms with Crippen LogP contribution >= 0.6 is 27.2 Å². The van der Waals surface area contributed by atoms with Crippen LogP contribution in [-0.4, -0.2) is 80.7 Å². The second-order valence-electron chi connectivity index (χ2n) is 10.6. The highest BCUT2D eigenvalue weighted by Crippen LogP contribution is 2.61. The van der Waals surface area contributed by atoms with Crippen molar-refractivity contribution in [1.82, 2.24) is 29.9 Å². The van der Waals surface area contributed by atoms with E-state index in [2.05, 4.69) is 25.4 Å².